The highest BCUT2D eigenvalue weighted by molar-refractivity contribution is 5.30. The van der Waals surface area contributed by atoms with Crippen molar-refractivity contribution in [3.63, 3.8) is 0 Å². The van der Waals surface area contributed by atoms with Gasteiger partial charge in [-0.25, -0.2) is 0 Å². The number of hydrogen-bond acceptors (Lipinski definition) is 0. The molecule has 0 heteroatoms. The van der Waals surface area contributed by atoms with Gasteiger partial charge in [0.1, 0.15) is 0 Å². The maximum Gasteiger partial charge on any atom is 0.00963 e. The summed E-state index contributed by atoms with van der Waals surface area (Å²) in [5.74, 6) is 11.2. The van der Waals surface area contributed by atoms with Crippen LogP contribution in [0.3, 0.4) is 0 Å². The van der Waals surface area contributed by atoms with E-state index in [1.807, 2.05) is 13.0 Å². The van der Waals surface area contributed by atoms with Crippen LogP contribution in [0.1, 0.15) is 26.7 Å². The Bertz CT molecular complexity index is 200. The number of rotatable bonds is 1. The van der Waals surface area contributed by atoms with Crippen LogP contribution in [0, 0.1) is 23.7 Å². The minimum atomic E-state index is 0.949. The molecule has 0 fully saturated rings. The molecule has 0 atom stereocenters. The second-order valence-electron chi connectivity index (χ2n) is 1.82. The molecule has 0 aromatic rings. The van der Waals surface area contributed by atoms with Crippen LogP contribution in [-0.4, -0.2) is 0 Å². The third-order valence-corrected chi connectivity index (χ3v) is 0.848. The molecular weight excluding hydrogens is 120 g/mol. The topological polar surface area (TPSA) is 0 Å². The average Bonchev–Trinajstić information content (AvgIpc) is 1.97. The largest absolute Gasteiger partial charge is 0.0891 e. The minimum Gasteiger partial charge on any atom is -0.0891 e. The fourth-order valence-electron chi connectivity index (χ4n) is 0.393. The van der Waals surface area contributed by atoms with Gasteiger partial charge in [0.05, 0.1) is 0 Å². The standard InChI is InChI=1S/C10H12/c1-3-5-7-9-10-8-6-4-2/h3,5H,4,6H2,1-2H3/b5-3+. The summed E-state index contributed by atoms with van der Waals surface area (Å²) in [6, 6.07) is 0. The van der Waals surface area contributed by atoms with Crippen LogP contribution in [0.15, 0.2) is 12.2 Å². The van der Waals surface area contributed by atoms with Crippen LogP contribution in [0.2, 0.25) is 0 Å². The van der Waals surface area contributed by atoms with Crippen molar-refractivity contribution in [1.29, 1.82) is 0 Å². The van der Waals surface area contributed by atoms with Crippen LogP contribution in [0.5, 0.6) is 0 Å². The lowest BCUT2D eigenvalue weighted by molar-refractivity contribution is 0.983. The van der Waals surface area contributed by atoms with Crippen LogP contribution in [0.25, 0.3) is 0 Å². The minimum absolute atomic E-state index is 0.949. The quantitative estimate of drug-likeness (QED) is 0.480. The first-order valence-electron chi connectivity index (χ1n) is 3.51. The molecule has 0 bridgehead atoms. The fourth-order valence-corrected chi connectivity index (χ4v) is 0.393. The monoisotopic (exact) mass is 132 g/mol. The van der Waals surface area contributed by atoms with Crippen molar-refractivity contribution < 1.29 is 0 Å². The van der Waals surface area contributed by atoms with E-state index in [0.29, 0.717) is 0 Å². The Balaban J connectivity index is 3.56. The van der Waals surface area contributed by atoms with E-state index < -0.39 is 0 Å². The third kappa shape index (κ3) is 6.86. The van der Waals surface area contributed by atoms with Gasteiger partial charge in [-0.3, -0.25) is 0 Å². The maximum atomic E-state index is 2.94. The Morgan fingerprint density at radius 2 is 2.10 bits per heavy atom. The Hall–Kier alpha value is -1.14. The van der Waals surface area contributed by atoms with E-state index in [9.17, 15) is 0 Å². The molecule has 10 heavy (non-hydrogen) atoms. The van der Waals surface area contributed by atoms with Gasteiger partial charge >= 0.3 is 0 Å². The molecule has 0 aliphatic heterocycles. The summed E-state index contributed by atoms with van der Waals surface area (Å²) in [5, 5.41) is 0. The molecule has 0 heterocycles. The molecule has 0 nitrogen and oxygen atoms in total. The molecule has 0 spiro atoms. The van der Waals surface area contributed by atoms with Crippen molar-refractivity contribution in [2.24, 2.45) is 0 Å². The van der Waals surface area contributed by atoms with Gasteiger partial charge in [0.2, 0.25) is 0 Å². The third-order valence-electron chi connectivity index (χ3n) is 0.848. The summed E-state index contributed by atoms with van der Waals surface area (Å²) in [5.41, 5.74) is 0. The van der Waals surface area contributed by atoms with Gasteiger partial charge in [-0.05, 0) is 31.3 Å². The van der Waals surface area contributed by atoms with Crippen molar-refractivity contribution in [3.8, 4) is 23.7 Å². The van der Waals surface area contributed by atoms with Gasteiger partial charge < -0.3 is 0 Å². The molecule has 0 aliphatic carbocycles. The van der Waals surface area contributed by atoms with Gasteiger partial charge in [0.25, 0.3) is 0 Å². The lowest BCUT2D eigenvalue weighted by atomic mass is 10.3. The van der Waals surface area contributed by atoms with Crippen molar-refractivity contribution in [1.82, 2.24) is 0 Å². The summed E-state index contributed by atoms with van der Waals surface area (Å²) >= 11 is 0. The molecule has 0 aliphatic rings. The highest BCUT2D eigenvalue weighted by Gasteiger charge is 1.65. The van der Waals surface area contributed by atoms with E-state index in [1.54, 1.807) is 6.08 Å². The van der Waals surface area contributed by atoms with E-state index in [1.165, 1.54) is 0 Å². The van der Waals surface area contributed by atoms with Crippen LogP contribution in [0.4, 0.5) is 0 Å². The maximum absolute atomic E-state index is 2.94. The van der Waals surface area contributed by atoms with Crippen molar-refractivity contribution in [2.45, 2.75) is 26.7 Å². The smallest absolute Gasteiger partial charge is 0.00963 e. The molecule has 0 amide bonds. The van der Waals surface area contributed by atoms with E-state index >= 15 is 0 Å². The van der Waals surface area contributed by atoms with Gasteiger partial charge in [0, 0.05) is 6.42 Å². The van der Waals surface area contributed by atoms with Crippen molar-refractivity contribution in [2.75, 3.05) is 0 Å². The first-order valence-corrected chi connectivity index (χ1v) is 3.51. The second kappa shape index (κ2) is 7.86. The van der Waals surface area contributed by atoms with Crippen molar-refractivity contribution >= 4 is 0 Å². The van der Waals surface area contributed by atoms with E-state index in [2.05, 4.69) is 30.6 Å². The molecule has 0 rings (SSSR count). The summed E-state index contributed by atoms with van der Waals surface area (Å²) < 4.78 is 0. The molecule has 52 valence electrons. The zero-order valence-electron chi connectivity index (χ0n) is 6.57. The SMILES string of the molecule is C/C=C/C#CC#CCCC. The molecule has 0 saturated carbocycles. The first-order chi connectivity index (χ1) is 4.91. The van der Waals surface area contributed by atoms with E-state index in [-0.39, 0.29) is 0 Å². The number of hydrogen-bond donors (Lipinski definition) is 0. The second-order valence-corrected chi connectivity index (χ2v) is 1.82. The van der Waals surface area contributed by atoms with Gasteiger partial charge in [-0.1, -0.05) is 24.8 Å². The lowest BCUT2D eigenvalue weighted by Gasteiger charge is -1.72. The summed E-state index contributed by atoms with van der Waals surface area (Å²) in [6.45, 7) is 4.04. The van der Waals surface area contributed by atoms with Gasteiger partial charge in [0.15, 0.2) is 0 Å². The molecule has 0 aromatic heterocycles. The molecule has 0 unspecified atom stereocenters. The predicted octanol–water partition coefficient (Wildman–Crippen LogP) is 2.37. The van der Waals surface area contributed by atoms with Crippen LogP contribution < -0.4 is 0 Å². The summed E-state index contributed by atoms with van der Waals surface area (Å²) in [4.78, 5) is 0. The number of allylic oxidation sites excluding steroid dienone is 2. The summed E-state index contributed by atoms with van der Waals surface area (Å²) in [7, 11) is 0. The highest BCUT2D eigenvalue weighted by atomic mass is 13.7. The molecule has 0 saturated heterocycles. The van der Waals surface area contributed by atoms with E-state index in [0.717, 1.165) is 12.8 Å². The van der Waals surface area contributed by atoms with Crippen molar-refractivity contribution in [3.05, 3.63) is 12.2 Å². The van der Waals surface area contributed by atoms with Crippen LogP contribution in [-0.2, 0) is 0 Å². The zero-order valence-corrected chi connectivity index (χ0v) is 6.57. The molecule has 0 aromatic carbocycles. The predicted molar refractivity (Wildman–Crippen MR) is 45.3 cm³/mol. The number of unbranched alkanes of at least 4 members (excludes halogenated alkanes) is 1. The molecule has 0 radical (unpaired) electrons. The Morgan fingerprint density at radius 3 is 2.70 bits per heavy atom. The Kier molecular flexibility index (Phi) is 6.96. The van der Waals surface area contributed by atoms with Crippen LogP contribution >= 0.6 is 0 Å². The van der Waals surface area contributed by atoms with E-state index in [4.69, 9.17) is 0 Å². The fraction of sp³-hybridized carbons (Fsp3) is 0.400. The molecule has 0 N–H and O–H groups in total. The van der Waals surface area contributed by atoms with Gasteiger partial charge in [-0.2, -0.15) is 0 Å². The lowest BCUT2D eigenvalue weighted by Crippen LogP contribution is -1.59. The summed E-state index contributed by atoms with van der Waals surface area (Å²) in [6.07, 6.45) is 5.75. The van der Waals surface area contributed by atoms with Gasteiger partial charge in [-0.15, -0.1) is 0 Å². The Morgan fingerprint density at radius 1 is 1.30 bits per heavy atom. The first kappa shape index (κ1) is 8.86. The Labute approximate surface area is 63.3 Å². The highest BCUT2D eigenvalue weighted by Crippen LogP contribution is 1.79. The normalized spacial score (nSPS) is 7.80. The molecular formula is C10H12. The average molecular weight is 132 g/mol. The zero-order chi connectivity index (χ0) is 7.66.